The number of rotatable bonds is 1. The van der Waals surface area contributed by atoms with Gasteiger partial charge in [-0.2, -0.15) is 0 Å². The number of carbonyl (C=O) groups excluding carboxylic acids is 1. The van der Waals surface area contributed by atoms with Crippen LogP contribution in [0.2, 0.25) is 0 Å². The number of benzene rings is 1. The van der Waals surface area contributed by atoms with Gasteiger partial charge in [0.25, 0.3) is 5.69 Å². The van der Waals surface area contributed by atoms with Crippen LogP contribution in [0.1, 0.15) is 18.9 Å². The molecule has 0 bridgehead atoms. The maximum Gasteiger partial charge on any atom is 0.295 e. The zero-order chi connectivity index (χ0) is 12.6. The number of aryl methyl sites for hydroxylation is 1. The lowest BCUT2D eigenvalue weighted by Crippen LogP contribution is -2.13. The van der Waals surface area contributed by atoms with Gasteiger partial charge in [0.15, 0.2) is 0 Å². The SMILES string of the molecule is CC1=Nc2cc(C)cc([N+](=O)[O-])c2NC(=O)C1. The number of hydrogen-bond acceptors (Lipinski definition) is 4. The van der Waals surface area contributed by atoms with Gasteiger partial charge in [0.1, 0.15) is 5.69 Å². The molecule has 2 rings (SSSR count). The first kappa shape index (κ1) is 11.3. The Morgan fingerprint density at radius 2 is 2.12 bits per heavy atom. The van der Waals surface area contributed by atoms with Gasteiger partial charge in [-0.15, -0.1) is 0 Å². The minimum atomic E-state index is -0.512. The fraction of sp³-hybridized carbons (Fsp3) is 0.273. The van der Waals surface area contributed by atoms with E-state index in [-0.39, 0.29) is 23.7 Å². The van der Waals surface area contributed by atoms with Crippen LogP contribution in [0.25, 0.3) is 0 Å². The van der Waals surface area contributed by atoms with Crippen LogP contribution in [-0.4, -0.2) is 16.5 Å². The largest absolute Gasteiger partial charge is 0.318 e. The molecule has 17 heavy (non-hydrogen) atoms. The molecule has 0 aromatic heterocycles. The van der Waals surface area contributed by atoms with Gasteiger partial charge in [-0.25, -0.2) is 0 Å². The number of amides is 1. The predicted octanol–water partition coefficient (Wildman–Crippen LogP) is 2.34. The maximum atomic E-state index is 11.5. The molecule has 1 aliphatic heterocycles. The van der Waals surface area contributed by atoms with E-state index in [9.17, 15) is 14.9 Å². The van der Waals surface area contributed by atoms with E-state index in [1.54, 1.807) is 19.9 Å². The summed E-state index contributed by atoms with van der Waals surface area (Å²) in [6.45, 7) is 3.48. The molecule has 0 fully saturated rings. The maximum absolute atomic E-state index is 11.5. The number of nitro groups is 1. The van der Waals surface area contributed by atoms with Crippen molar-refractivity contribution in [3.8, 4) is 0 Å². The van der Waals surface area contributed by atoms with Crippen LogP contribution >= 0.6 is 0 Å². The minimum Gasteiger partial charge on any atom is -0.318 e. The van der Waals surface area contributed by atoms with E-state index in [1.807, 2.05) is 0 Å². The zero-order valence-corrected chi connectivity index (χ0v) is 9.48. The highest BCUT2D eigenvalue weighted by atomic mass is 16.6. The number of hydrogen-bond donors (Lipinski definition) is 1. The highest BCUT2D eigenvalue weighted by Gasteiger charge is 2.23. The summed E-state index contributed by atoms with van der Waals surface area (Å²) in [5, 5.41) is 13.5. The highest BCUT2D eigenvalue weighted by molar-refractivity contribution is 6.11. The second-order valence-electron chi connectivity index (χ2n) is 4.01. The lowest BCUT2D eigenvalue weighted by molar-refractivity contribution is -0.383. The van der Waals surface area contributed by atoms with Crippen LogP contribution in [-0.2, 0) is 4.79 Å². The number of nitro benzene ring substituents is 1. The predicted molar refractivity (Wildman–Crippen MR) is 63.8 cm³/mol. The molecule has 1 heterocycles. The van der Waals surface area contributed by atoms with E-state index in [2.05, 4.69) is 10.3 Å². The molecule has 1 N–H and O–H groups in total. The summed E-state index contributed by atoms with van der Waals surface area (Å²) >= 11 is 0. The molecular formula is C11H11N3O3. The lowest BCUT2D eigenvalue weighted by atomic mass is 10.1. The Morgan fingerprint density at radius 1 is 1.41 bits per heavy atom. The molecular weight excluding hydrogens is 222 g/mol. The molecule has 1 amide bonds. The van der Waals surface area contributed by atoms with Crippen molar-refractivity contribution in [2.75, 3.05) is 5.32 Å². The first-order valence-electron chi connectivity index (χ1n) is 5.10. The topological polar surface area (TPSA) is 84.6 Å². The average molecular weight is 233 g/mol. The molecule has 0 atom stereocenters. The molecule has 6 heteroatoms. The molecule has 0 unspecified atom stereocenters. The van der Waals surface area contributed by atoms with Crippen molar-refractivity contribution >= 4 is 28.7 Å². The van der Waals surface area contributed by atoms with Crippen molar-refractivity contribution < 1.29 is 9.72 Å². The standard InChI is InChI=1S/C11H11N3O3/c1-6-3-8-11(9(4-6)14(16)17)13-10(15)5-7(2)12-8/h3-4H,5H2,1-2H3,(H,13,15). The minimum absolute atomic E-state index is 0.119. The van der Waals surface area contributed by atoms with Gasteiger partial charge in [-0.05, 0) is 25.5 Å². The zero-order valence-electron chi connectivity index (χ0n) is 9.48. The number of carbonyl (C=O) groups is 1. The van der Waals surface area contributed by atoms with E-state index in [4.69, 9.17) is 0 Å². The van der Waals surface area contributed by atoms with Crippen LogP contribution in [0.5, 0.6) is 0 Å². The normalized spacial score (nSPS) is 14.5. The monoisotopic (exact) mass is 233 g/mol. The summed E-state index contributed by atoms with van der Waals surface area (Å²) in [5.74, 6) is -0.281. The van der Waals surface area contributed by atoms with E-state index < -0.39 is 4.92 Å². The molecule has 1 aromatic rings. The van der Waals surface area contributed by atoms with Crippen LogP contribution in [0.15, 0.2) is 17.1 Å². The quantitative estimate of drug-likeness (QED) is 0.596. The van der Waals surface area contributed by atoms with Gasteiger partial charge >= 0.3 is 0 Å². The van der Waals surface area contributed by atoms with Gasteiger partial charge in [-0.1, -0.05) is 0 Å². The molecule has 6 nitrogen and oxygen atoms in total. The van der Waals surface area contributed by atoms with E-state index >= 15 is 0 Å². The molecule has 1 aromatic carbocycles. The summed E-state index contributed by atoms with van der Waals surface area (Å²) in [4.78, 5) is 26.1. The second-order valence-corrected chi connectivity index (χ2v) is 4.01. The summed E-state index contributed by atoms with van der Waals surface area (Å²) in [6.07, 6.45) is 0.158. The van der Waals surface area contributed by atoms with Crippen LogP contribution in [0.3, 0.4) is 0 Å². The Hall–Kier alpha value is -2.24. The molecule has 1 aliphatic rings. The Morgan fingerprint density at radius 3 is 2.76 bits per heavy atom. The second kappa shape index (κ2) is 3.97. The van der Waals surface area contributed by atoms with Gasteiger partial charge in [-0.3, -0.25) is 19.9 Å². The summed E-state index contributed by atoms with van der Waals surface area (Å²) in [6, 6.07) is 3.15. The third kappa shape index (κ3) is 2.15. The summed E-state index contributed by atoms with van der Waals surface area (Å²) < 4.78 is 0. The van der Waals surface area contributed by atoms with Crippen molar-refractivity contribution in [2.24, 2.45) is 4.99 Å². The van der Waals surface area contributed by atoms with Crippen molar-refractivity contribution in [1.82, 2.24) is 0 Å². The highest BCUT2D eigenvalue weighted by Crippen LogP contribution is 2.37. The van der Waals surface area contributed by atoms with Gasteiger partial charge in [0.2, 0.25) is 5.91 Å². The first-order valence-corrected chi connectivity index (χ1v) is 5.10. The summed E-state index contributed by atoms with van der Waals surface area (Å²) in [7, 11) is 0. The number of anilines is 1. The third-order valence-corrected chi connectivity index (χ3v) is 2.43. The molecule has 0 radical (unpaired) electrons. The van der Waals surface area contributed by atoms with Crippen molar-refractivity contribution in [2.45, 2.75) is 20.3 Å². The van der Waals surface area contributed by atoms with Crippen molar-refractivity contribution in [3.05, 3.63) is 27.8 Å². The van der Waals surface area contributed by atoms with Gasteiger partial charge in [0, 0.05) is 11.8 Å². The molecule has 0 saturated carbocycles. The fourth-order valence-corrected chi connectivity index (χ4v) is 1.77. The average Bonchev–Trinajstić information content (AvgIpc) is 2.33. The number of nitrogens with zero attached hydrogens (tertiary/aromatic N) is 2. The first-order chi connectivity index (χ1) is 7.97. The third-order valence-electron chi connectivity index (χ3n) is 2.43. The van der Waals surface area contributed by atoms with Gasteiger partial charge in [0.05, 0.1) is 17.0 Å². The summed E-state index contributed by atoms with van der Waals surface area (Å²) in [5.41, 5.74) is 1.89. The number of aliphatic imine (C=N–C) groups is 1. The Balaban J connectivity index is 2.69. The number of nitrogens with one attached hydrogen (secondary N) is 1. The van der Waals surface area contributed by atoms with Crippen molar-refractivity contribution in [3.63, 3.8) is 0 Å². The molecule has 88 valence electrons. The Labute approximate surface area is 97.5 Å². The van der Waals surface area contributed by atoms with Crippen LogP contribution in [0, 0.1) is 17.0 Å². The van der Waals surface area contributed by atoms with Crippen LogP contribution < -0.4 is 5.32 Å². The number of fused-ring (bicyclic) bond motifs is 1. The lowest BCUT2D eigenvalue weighted by Gasteiger charge is -2.06. The van der Waals surface area contributed by atoms with E-state index in [0.717, 1.165) is 5.56 Å². The molecule has 0 aliphatic carbocycles. The fourth-order valence-electron chi connectivity index (χ4n) is 1.77. The molecule has 0 saturated heterocycles. The van der Waals surface area contributed by atoms with Gasteiger partial charge < -0.3 is 5.32 Å². The Kier molecular flexibility index (Phi) is 2.63. The smallest absolute Gasteiger partial charge is 0.295 e. The Bertz CT molecular complexity index is 549. The molecule has 0 spiro atoms. The van der Waals surface area contributed by atoms with E-state index in [1.165, 1.54) is 6.07 Å². The van der Waals surface area contributed by atoms with Crippen molar-refractivity contribution in [1.29, 1.82) is 0 Å². The van der Waals surface area contributed by atoms with Crippen LogP contribution in [0.4, 0.5) is 17.1 Å². The van der Waals surface area contributed by atoms with E-state index in [0.29, 0.717) is 11.4 Å².